The Kier molecular flexibility index (Phi) is 7.14. The van der Waals surface area contributed by atoms with E-state index in [4.69, 9.17) is 4.74 Å². The molecule has 1 amide bonds. The van der Waals surface area contributed by atoms with Gasteiger partial charge in [-0.15, -0.1) is 11.3 Å². The van der Waals surface area contributed by atoms with Crippen LogP contribution in [0.5, 0.6) is 0 Å². The molecule has 0 atom stereocenters. The van der Waals surface area contributed by atoms with Gasteiger partial charge in [0.1, 0.15) is 4.70 Å². The number of rotatable bonds is 7. The highest BCUT2D eigenvalue weighted by Crippen LogP contribution is 2.25. The van der Waals surface area contributed by atoms with Crippen molar-refractivity contribution in [1.29, 1.82) is 0 Å². The second-order valence-electron chi connectivity index (χ2n) is 7.65. The van der Waals surface area contributed by atoms with Gasteiger partial charge in [-0.1, -0.05) is 17.8 Å². The molecule has 2 heterocycles. The summed E-state index contributed by atoms with van der Waals surface area (Å²) in [6.07, 6.45) is 0. The van der Waals surface area contributed by atoms with Crippen LogP contribution in [0.15, 0.2) is 63.9 Å². The van der Waals surface area contributed by atoms with Crippen molar-refractivity contribution in [2.24, 2.45) is 0 Å². The summed E-state index contributed by atoms with van der Waals surface area (Å²) >= 11 is 2.55. The third-order valence-corrected chi connectivity index (χ3v) is 6.76. The summed E-state index contributed by atoms with van der Waals surface area (Å²) in [5, 5.41) is 5.10. The van der Waals surface area contributed by atoms with Crippen molar-refractivity contribution in [3.05, 3.63) is 81.0 Å². The topological polar surface area (TPSA) is 90.3 Å². The summed E-state index contributed by atoms with van der Waals surface area (Å²) < 4.78 is 7.12. The lowest BCUT2D eigenvalue weighted by Crippen LogP contribution is -2.22. The Morgan fingerprint density at radius 1 is 1.09 bits per heavy atom. The number of hydrogen-bond donors (Lipinski definition) is 1. The predicted molar refractivity (Wildman–Crippen MR) is 136 cm³/mol. The lowest BCUT2D eigenvalue weighted by atomic mass is 10.1. The van der Waals surface area contributed by atoms with Crippen LogP contribution in [0.3, 0.4) is 0 Å². The largest absolute Gasteiger partial charge is 0.462 e. The highest BCUT2D eigenvalue weighted by atomic mass is 32.2. The zero-order chi connectivity index (χ0) is 24.2. The van der Waals surface area contributed by atoms with E-state index >= 15 is 0 Å². The van der Waals surface area contributed by atoms with Crippen LogP contribution in [-0.4, -0.2) is 33.8 Å². The molecule has 9 heteroatoms. The molecule has 0 saturated carbocycles. The number of amides is 1. The number of anilines is 1. The first-order valence-corrected chi connectivity index (χ1v) is 12.5. The number of thioether (sulfide) groups is 1. The van der Waals surface area contributed by atoms with Crippen molar-refractivity contribution in [2.45, 2.75) is 25.9 Å². The average molecular weight is 494 g/mol. The third kappa shape index (κ3) is 5.21. The second-order valence-corrected chi connectivity index (χ2v) is 9.51. The zero-order valence-electron chi connectivity index (χ0n) is 19.0. The Labute approximate surface area is 204 Å². The molecule has 0 aliphatic heterocycles. The normalized spacial score (nSPS) is 10.9. The van der Waals surface area contributed by atoms with Gasteiger partial charge in [-0.3, -0.25) is 14.2 Å². The standard InChI is InChI=1S/C25H23N3O4S2/c1-4-32-24(31)17-5-7-18(8-6-17)26-21(29)14-34-25-27-20-9-10-33-22(20)23(30)28(25)19-12-15(2)11-16(3)13-19/h5-13H,4,14H2,1-3H3,(H,26,29). The van der Waals surface area contributed by atoms with Crippen LogP contribution in [0.1, 0.15) is 28.4 Å². The van der Waals surface area contributed by atoms with Crippen LogP contribution >= 0.6 is 23.1 Å². The van der Waals surface area contributed by atoms with Crippen LogP contribution in [-0.2, 0) is 9.53 Å². The number of nitrogens with one attached hydrogen (secondary N) is 1. The van der Waals surface area contributed by atoms with E-state index in [1.165, 1.54) is 23.1 Å². The van der Waals surface area contributed by atoms with Crippen molar-refractivity contribution in [3.63, 3.8) is 0 Å². The number of fused-ring (bicyclic) bond motifs is 1. The van der Waals surface area contributed by atoms with Gasteiger partial charge in [-0.2, -0.15) is 0 Å². The molecular formula is C25H23N3O4S2. The fourth-order valence-electron chi connectivity index (χ4n) is 3.53. The number of carbonyl (C=O) groups is 2. The van der Waals surface area contributed by atoms with E-state index in [0.29, 0.717) is 33.2 Å². The van der Waals surface area contributed by atoms with Crippen molar-refractivity contribution < 1.29 is 14.3 Å². The minimum atomic E-state index is -0.407. The van der Waals surface area contributed by atoms with E-state index in [2.05, 4.69) is 10.3 Å². The molecule has 0 fully saturated rings. The fourth-order valence-corrected chi connectivity index (χ4v) is 5.10. The summed E-state index contributed by atoms with van der Waals surface area (Å²) in [4.78, 5) is 42.4. The van der Waals surface area contributed by atoms with Crippen LogP contribution in [0.25, 0.3) is 15.9 Å². The van der Waals surface area contributed by atoms with Crippen molar-refractivity contribution in [3.8, 4) is 5.69 Å². The number of thiophene rings is 1. The monoisotopic (exact) mass is 493 g/mol. The highest BCUT2D eigenvalue weighted by Gasteiger charge is 2.16. The van der Waals surface area contributed by atoms with E-state index in [1.54, 1.807) is 35.8 Å². The molecule has 0 spiro atoms. The molecule has 4 rings (SSSR count). The molecule has 0 radical (unpaired) electrons. The molecule has 174 valence electrons. The van der Waals surface area contributed by atoms with Crippen LogP contribution < -0.4 is 10.9 Å². The SMILES string of the molecule is CCOC(=O)c1ccc(NC(=O)CSc2nc3ccsc3c(=O)n2-c2cc(C)cc(C)c2)cc1. The molecule has 0 aliphatic rings. The average Bonchev–Trinajstić information content (AvgIpc) is 3.27. The number of benzene rings is 2. The molecule has 0 saturated heterocycles. The molecule has 7 nitrogen and oxygen atoms in total. The first kappa shape index (κ1) is 23.7. The molecule has 1 N–H and O–H groups in total. The molecule has 2 aromatic carbocycles. The van der Waals surface area contributed by atoms with Gasteiger partial charge in [0, 0.05) is 5.69 Å². The second kappa shape index (κ2) is 10.2. The molecule has 4 aromatic rings. The Bertz CT molecular complexity index is 1400. The summed E-state index contributed by atoms with van der Waals surface area (Å²) in [6, 6.07) is 14.2. The van der Waals surface area contributed by atoms with Crippen molar-refractivity contribution in [2.75, 3.05) is 17.7 Å². The van der Waals surface area contributed by atoms with E-state index in [-0.39, 0.29) is 17.2 Å². The smallest absolute Gasteiger partial charge is 0.338 e. The molecule has 34 heavy (non-hydrogen) atoms. The summed E-state index contributed by atoms with van der Waals surface area (Å²) in [6.45, 7) is 6.00. The van der Waals surface area contributed by atoms with Crippen molar-refractivity contribution >= 4 is 50.9 Å². The maximum Gasteiger partial charge on any atom is 0.338 e. The number of carbonyl (C=O) groups excluding carboxylic acids is 2. The van der Waals surface area contributed by atoms with Gasteiger partial charge in [0.25, 0.3) is 5.56 Å². The first-order chi connectivity index (χ1) is 16.4. The van der Waals surface area contributed by atoms with Gasteiger partial charge in [0.15, 0.2) is 5.16 Å². The first-order valence-electron chi connectivity index (χ1n) is 10.6. The van der Waals surface area contributed by atoms with Gasteiger partial charge < -0.3 is 10.1 Å². The Morgan fingerprint density at radius 3 is 2.47 bits per heavy atom. The van der Waals surface area contributed by atoms with E-state index < -0.39 is 5.97 Å². The van der Waals surface area contributed by atoms with Crippen LogP contribution in [0, 0.1) is 13.8 Å². The fraction of sp³-hybridized carbons (Fsp3) is 0.200. The van der Waals surface area contributed by atoms with Gasteiger partial charge in [-0.25, -0.2) is 9.78 Å². The summed E-state index contributed by atoms with van der Waals surface area (Å²) in [5.74, 6) is -0.595. The van der Waals surface area contributed by atoms with E-state index in [0.717, 1.165) is 16.8 Å². The molecule has 0 unspecified atom stereocenters. The predicted octanol–water partition coefficient (Wildman–Crippen LogP) is 4.97. The van der Waals surface area contributed by atoms with Crippen LogP contribution in [0.2, 0.25) is 0 Å². The number of ether oxygens (including phenoxy) is 1. The molecular weight excluding hydrogens is 470 g/mol. The molecule has 2 aromatic heterocycles. The minimum Gasteiger partial charge on any atom is -0.462 e. The van der Waals surface area contributed by atoms with E-state index in [1.807, 2.05) is 43.5 Å². The van der Waals surface area contributed by atoms with Gasteiger partial charge in [0.05, 0.1) is 29.1 Å². The van der Waals surface area contributed by atoms with E-state index in [9.17, 15) is 14.4 Å². The lowest BCUT2D eigenvalue weighted by molar-refractivity contribution is -0.113. The summed E-state index contributed by atoms with van der Waals surface area (Å²) in [5.41, 5.74) is 4.24. The van der Waals surface area contributed by atoms with Gasteiger partial charge in [-0.05, 0) is 79.7 Å². The minimum absolute atomic E-state index is 0.0620. The maximum atomic E-state index is 13.3. The number of nitrogens with zero attached hydrogens (tertiary/aromatic N) is 2. The number of aryl methyl sites for hydroxylation is 2. The lowest BCUT2D eigenvalue weighted by Gasteiger charge is -2.13. The van der Waals surface area contributed by atoms with Gasteiger partial charge in [0.2, 0.25) is 5.91 Å². The quantitative estimate of drug-likeness (QED) is 0.222. The molecule has 0 aliphatic carbocycles. The van der Waals surface area contributed by atoms with Gasteiger partial charge >= 0.3 is 5.97 Å². The summed E-state index contributed by atoms with van der Waals surface area (Å²) in [7, 11) is 0. The van der Waals surface area contributed by atoms with Crippen LogP contribution in [0.4, 0.5) is 5.69 Å². The highest BCUT2D eigenvalue weighted by molar-refractivity contribution is 7.99. The Hall–Kier alpha value is -3.43. The number of aromatic nitrogens is 2. The Morgan fingerprint density at radius 2 is 1.79 bits per heavy atom. The van der Waals surface area contributed by atoms with Crippen molar-refractivity contribution in [1.82, 2.24) is 9.55 Å². The number of hydrogen-bond acceptors (Lipinski definition) is 7. The Balaban J connectivity index is 1.55. The molecule has 0 bridgehead atoms. The third-order valence-electron chi connectivity index (χ3n) is 4.93. The number of esters is 1. The zero-order valence-corrected chi connectivity index (χ0v) is 20.6. The maximum absolute atomic E-state index is 13.3.